The molecule has 0 aromatic carbocycles. The summed E-state index contributed by atoms with van der Waals surface area (Å²) in [5.74, 6) is 0.725. The first-order valence-electron chi connectivity index (χ1n) is 6.80. The monoisotopic (exact) mass is 274 g/mol. The molecule has 1 fully saturated rings. The smallest absolute Gasteiger partial charge is 0.326 e. The average Bonchev–Trinajstić information content (AvgIpc) is 3.11. The molecule has 6 nitrogen and oxygen atoms in total. The maximum atomic E-state index is 12.3. The molecule has 2 aromatic heterocycles. The fourth-order valence-corrected chi connectivity index (χ4v) is 2.57. The number of anilines is 1. The number of hydrogen-bond donors (Lipinski definition) is 2. The van der Waals surface area contributed by atoms with Gasteiger partial charge in [-0.25, -0.2) is 4.79 Å². The first-order valence-corrected chi connectivity index (χ1v) is 6.80. The molecule has 1 atom stereocenters. The number of rotatable bonds is 2. The summed E-state index contributed by atoms with van der Waals surface area (Å²) in [4.78, 5) is 21.5. The number of carbonyl (C=O) groups excluding carboxylic acids is 1. The Kier molecular flexibility index (Phi) is 3.22. The molecule has 3 heterocycles. The van der Waals surface area contributed by atoms with Crippen LogP contribution in [0.2, 0.25) is 0 Å². The van der Waals surface area contributed by atoms with E-state index in [0.717, 1.165) is 36.5 Å². The Hall–Kier alpha value is -2.24. The number of carbonyl (C=O) groups is 1. The highest BCUT2D eigenvalue weighted by Gasteiger charge is 2.31. The Labute approximate surface area is 117 Å². The molecule has 0 radical (unpaired) electrons. The van der Waals surface area contributed by atoms with Gasteiger partial charge in [-0.2, -0.15) is 4.98 Å². The van der Waals surface area contributed by atoms with Gasteiger partial charge in [-0.05, 0) is 38.8 Å². The minimum atomic E-state index is -0.164. The van der Waals surface area contributed by atoms with Gasteiger partial charge >= 0.3 is 12.0 Å². The van der Waals surface area contributed by atoms with E-state index >= 15 is 0 Å². The second kappa shape index (κ2) is 5.03. The van der Waals surface area contributed by atoms with Crippen molar-refractivity contribution in [3.63, 3.8) is 0 Å². The highest BCUT2D eigenvalue weighted by Crippen LogP contribution is 2.31. The number of aromatic amines is 1. The van der Waals surface area contributed by atoms with E-state index in [9.17, 15) is 4.79 Å². The van der Waals surface area contributed by atoms with Crippen LogP contribution in [0.15, 0.2) is 22.7 Å². The van der Waals surface area contributed by atoms with Crippen LogP contribution in [0.3, 0.4) is 0 Å². The standard InChI is InChI=1S/C14H18N4O2/c1-9-10(2)20-13(16-9)17-14(19)18-8-4-6-12(18)11-5-3-7-15-11/h3,5,7,12,15H,4,6,8H2,1-2H3,(H,16,17,19)/t12-/m0/s1. The molecule has 2 N–H and O–H groups in total. The van der Waals surface area contributed by atoms with Crippen molar-refractivity contribution in [2.24, 2.45) is 0 Å². The van der Waals surface area contributed by atoms with Crippen molar-refractivity contribution in [2.75, 3.05) is 11.9 Å². The molecule has 2 amide bonds. The van der Waals surface area contributed by atoms with Crippen molar-refractivity contribution in [2.45, 2.75) is 32.7 Å². The highest BCUT2D eigenvalue weighted by atomic mass is 16.4. The predicted molar refractivity (Wildman–Crippen MR) is 74.5 cm³/mol. The average molecular weight is 274 g/mol. The second-order valence-electron chi connectivity index (χ2n) is 5.07. The topological polar surface area (TPSA) is 74.2 Å². The van der Waals surface area contributed by atoms with Gasteiger partial charge in [0, 0.05) is 18.4 Å². The van der Waals surface area contributed by atoms with E-state index in [0.29, 0.717) is 0 Å². The van der Waals surface area contributed by atoms with E-state index in [1.807, 2.05) is 37.1 Å². The van der Waals surface area contributed by atoms with Crippen molar-refractivity contribution in [1.29, 1.82) is 0 Å². The molecule has 1 aliphatic heterocycles. The number of likely N-dealkylation sites (tertiary alicyclic amines) is 1. The summed E-state index contributed by atoms with van der Waals surface area (Å²) in [7, 11) is 0. The Morgan fingerprint density at radius 1 is 1.55 bits per heavy atom. The van der Waals surface area contributed by atoms with Gasteiger partial charge in [-0.3, -0.25) is 5.32 Å². The van der Waals surface area contributed by atoms with E-state index < -0.39 is 0 Å². The quantitative estimate of drug-likeness (QED) is 0.884. The lowest BCUT2D eigenvalue weighted by Crippen LogP contribution is -2.34. The van der Waals surface area contributed by atoms with Gasteiger partial charge in [-0.15, -0.1) is 0 Å². The normalized spacial score (nSPS) is 18.5. The molecular formula is C14H18N4O2. The zero-order chi connectivity index (χ0) is 14.1. The fourth-order valence-electron chi connectivity index (χ4n) is 2.57. The number of nitrogens with zero attached hydrogens (tertiary/aromatic N) is 2. The van der Waals surface area contributed by atoms with E-state index in [1.165, 1.54) is 0 Å². The van der Waals surface area contributed by atoms with Crippen LogP contribution in [0, 0.1) is 13.8 Å². The van der Waals surface area contributed by atoms with Crippen LogP contribution in [0.1, 0.15) is 36.0 Å². The van der Waals surface area contributed by atoms with Crippen molar-refractivity contribution in [3.05, 3.63) is 35.5 Å². The summed E-state index contributed by atoms with van der Waals surface area (Å²) in [5.41, 5.74) is 1.86. The summed E-state index contributed by atoms with van der Waals surface area (Å²) in [5, 5.41) is 2.73. The van der Waals surface area contributed by atoms with Gasteiger partial charge in [0.25, 0.3) is 0 Å². The van der Waals surface area contributed by atoms with Gasteiger partial charge in [0.1, 0.15) is 5.76 Å². The zero-order valence-corrected chi connectivity index (χ0v) is 11.6. The van der Waals surface area contributed by atoms with Crippen molar-refractivity contribution in [3.8, 4) is 0 Å². The number of aryl methyl sites for hydroxylation is 2. The number of aromatic nitrogens is 2. The van der Waals surface area contributed by atoms with Crippen LogP contribution in [-0.4, -0.2) is 27.4 Å². The molecule has 20 heavy (non-hydrogen) atoms. The lowest BCUT2D eigenvalue weighted by molar-refractivity contribution is 0.205. The summed E-state index contributed by atoms with van der Waals surface area (Å²) in [6, 6.07) is 4.16. The summed E-state index contributed by atoms with van der Waals surface area (Å²) in [6.07, 6.45) is 3.85. The van der Waals surface area contributed by atoms with E-state index in [4.69, 9.17) is 4.42 Å². The molecule has 1 saturated heterocycles. The summed E-state index contributed by atoms with van der Waals surface area (Å²) >= 11 is 0. The van der Waals surface area contributed by atoms with Crippen LogP contribution in [0.4, 0.5) is 10.8 Å². The Balaban J connectivity index is 1.73. The summed E-state index contributed by atoms with van der Waals surface area (Å²) < 4.78 is 5.39. The number of oxazole rings is 1. The maximum absolute atomic E-state index is 12.3. The largest absolute Gasteiger partial charge is 0.428 e. The van der Waals surface area contributed by atoms with Crippen LogP contribution < -0.4 is 5.32 Å². The van der Waals surface area contributed by atoms with E-state index in [-0.39, 0.29) is 18.1 Å². The highest BCUT2D eigenvalue weighted by molar-refractivity contribution is 5.87. The maximum Gasteiger partial charge on any atom is 0.326 e. The van der Waals surface area contributed by atoms with Gasteiger partial charge in [-0.1, -0.05) is 0 Å². The fraction of sp³-hybridized carbons (Fsp3) is 0.429. The third kappa shape index (κ3) is 2.29. The van der Waals surface area contributed by atoms with Crippen molar-refractivity contribution in [1.82, 2.24) is 14.9 Å². The first-order chi connectivity index (χ1) is 9.65. The molecule has 1 aliphatic rings. The number of urea groups is 1. The molecule has 0 bridgehead atoms. The Bertz CT molecular complexity index is 583. The molecule has 0 spiro atoms. The zero-order valence-electron chi connectivity index (χ0n) is 11.6. The number of amides is 2. The predicted octanol–water partition coefficient (Wildman–Crippen LogP) is 2.99. The lowest BCUT2D eigenvalue weighted by Gasteiger charge is -2.23. The Morgan fingerprint density at radius 2 is 2.40 bits per heavy atom. The van der Waals surface area contributed by atoms with Gasteiger partial charge in [0.2, 0.25) is 0 Å². The van der Waals surface area contributed by atoms with Crippen LogP contribution in [-0.2, 0) is 0 Å². The first kappa shape index (κ1) is 12.8. The molecule has 3 rings (SSSR count). The minimum Gasteiger partial charge on any atom is -0.428 e. The molecule has 0 unspecified atom stereocenters. The van der Waals surface area contributed by atoms with Crippen LogP contribution in [0.25, 0.3) is 0 Å². The summed E-state index contributed by atoms with van der Waals surface area (Å²) in [6.45, 7) is 4.43. The molecule has 0 aliphatic carbocycles. The second-order valence-corrected chi connectivity index (χ2v) is 5.07. The van der Waals surface area contributed by atoms with Crippen LogP contribution in [0.5, 0.6) is 0 Å². The SMILES string of the molecule is Cc1nc(NC(=O)N2CCC[C@H]2c2ccc[nH]2)oc1C. The van der Waals surface area contributed by atoms with E-state index in [1.54, 1.807) is 0 Å². The van der Waals surface area contributed by atoms with Crippen molar-refractivity contribution < 1.29 is 9.21 Å². The van der Waals surface area contributed by atoms with Gasteiger partial charge in [0.15, 0.2) is 0 Å². The molecule has 106 valence electrons. The lowest BCUT2D eigenvalue weighted by atomic mass is 10.1. The van der Waals surface area contributed by atoms with E-state index in [2.05, 4.69) is 15.3 Å². The number of nitrogens with one attached hydrogen (secondary N) is 2. The van der Waals surface area contributed by atoms with Gasteiger partial charge < -0.3 is 14.3 Å². The number of hydrogen-bond acceptors (Lipinski definition) is 3. The van der Waals surface area contributed by atoms with Gasteiger partial charge in [0.05, 0.1) is 11.7 Å². The van der Waals surface area contributed by atoms with Crippen LogP contribution >= 0.6 is 0 Å². The molecule has 2 aromatic rings. The number of H-pyrrole nitrogens is 1. The molecule has 0 saturated carbocycles. The van der Waals surface area contributed by atoms with Crippen molar-refractivity contribution >= 4 is 12.0 Å². The molecule has 6 heteroatoms. The Morgan fingerprint density at radius 3 is 3.05 bits per heavy atom. The molecular weight excluding hydrogens is 256 g/mol. The third-order valence-corrected chi connectivity index (χ3v) is 3.74. The minimum absolute atomic E-state index is 0.0992. The third-order valence-electron chi connectivity index (χ3n) is 3.74.